The molecule has 0 bridgehead atoms. The summed E-state index contributed by atoms with van der Waals surface area (Å²) in [7, 11) is 1.52. The van der Waals surface area contributed by atoms with Gasteiger partial charge in [-0.2, -0.15) is 0 Å². The van der Waals surface area contributed by atoms with Crippen molar-refractivity contribution in [1.82, 2.24) is 10.6 Å². The summed E-state index contributed by atoms with van der Waals surface area (Å²) in [6.45, 7) is 2.46. The molecular formula is C14H20Cl2N2O3. The summed E-state index contributed by atoms with van der Waals surface area (Å²) in [5.41, 5.74) is 0.860. The monoisotopic (exact) mass is 334 g/mol. The molecule has 1 rings (SSSR count). The third-order valence-electron chi connectivity index (χ3n) is 2.91. The van der Waals surface area contributed by atoms with Crippen LogP contribution in [-0.4, -0.2) is 37.5 Å². The number of urea groups is 1. The molecule has 0 aliphatic heterocycles. The molecule has 0 spiro atoms. The van der Waals surface area contributed by atoms with Crippen molar-refractivity contribution in [2.24, 2.45) is 0 Å². The second-order valence-electron chi connectivity index (χ2n) is 4.69. The fourth-order valence-corrected chi connectivity index (χ4v) is 2.05. The number of ether oxygens (including phenoxy) is 1. The summed E-state index contributed by atoms with van der Waals surface area (Å²) < 4.78 is 4.80. The zero-order valence-electron chi connectivity index (χ0n) is 12.0. The maximum atomic E-state index is 11.7. The minimum Gasteiger partial charge on any atom is -0.391 e. The predicted molar refractivity (Wildman–Crippen MR) is 83.9 cm³/mol. The van der Waals surface area contributed by atoms with Crippen molar-refractivity contribution in [3.05, 3.63) is 33.8 Å². The van der Waals surface area contributed by atoms with E-state index in [1.54, 1.807) is 12.1 Å². The van der Waals surface area contributed by atoms with Crippen LogP contribution >= 0.6 is 23.2 Å². The van der Waals surface area contributed by atoms with E-state index in [0.717, 1.165) is 5.56 Å². The third kappa shape index (κ3) is 6.52. The average molecular weight is 335 g/mol. The molecule has 0 heterocycles. The molecule has 0 aliphatic carbocycles. The van der Waals surface area contributed by atoms with Crippen LogP contribution in [0.4, 0.5) is 4.79 Å². The first kappa shape index (κ1) is 18.0. The molecular weight excluding hydrogens is 315 g/mol. The Morgan fingerprint density at radius 1 is 1.38 bits per heavy atom. The Balaban J connectivity index is 2.38. The quantitative estimate of drug-likeness (QED) is 0.718. The molecule has 0 saturated heterocycles. The van der Waals surface area contributed by atoms with E-state index in [2.05, 4.69) is 10.6 Å². The van der Waals surface area contributed by atoms with E-state index >= 15 is 0 Å². The highest BCUT2D eigenvalue weighted by molar-refractivity contribution is 6.42. The lowest BCUT2D eigenvalue weighted by molar-refractivity contribution is 0.0598. The molecule has 3 N–H and O–H groups in total. The van der Waals surface area contributed by atoms with E-state index < -0.39 is 6.10 Å². The zero-order valence-corrected chi connectivity index (χ0v) is 13.5. The SMILES string of the molecule is COCC(O)CCNC(=O)NC(C)c1ccc(Cl)c(Cl)c1. The topological polar surface area (TPSA) is 70.6 Å². The van der Waals surface area contributed by atoms with Crippen LogP contribution in [0.25, 0.3) is 0 Å². The van der Waals surface area contributed by atoms with Gasteiger partial charge in [-0.1, -0.05) is 29.3 Å². The number of carbonyl (C=O) groups excluding carboxylic acids is 1. The molecule has 2 unspecified atom stereocenters. The highest BCUT2D eigenvalue weighted by Gasteiger charge is 2.11. The zero-order chi connectivity index (χ0) is 15.8. The number of hydrogen-bond acceptors (Lipinski definition) is 3. The summed E-state index contributed by atoms with van der Waals surface area (Å²) in [6, 6.07) is 4.71. The lowest BCUT2D eigenvalue weighted by Gasteiger charge is -2.16. The number of hydrogen-bond donors (Lipinski definition) is 3. The van der Waals surface area contributed by atoms with E-state index in [1.165, 1.54) is 7.11 Å². The number of methoxy groups -OCH3 is 1. The highest BCUT2D eigenvalue weighted by Crippen LogP contribution is 2.25. The van der Waals surface area contributed by atoms with E-state index in [-0.39, 0.29) is 18.7 Å². The molecule has 21 heavy (non-hydrogen) atoms. The maximum absolute atomic E-state index is 11.7. The number of aliphatic hydroxyl groups excluding tert-OH is 1. The standard InChI is InChI=1S/C14H20Cl2N2O3/c1-9(10-3-4-12(15)13(16)7-10)18-14(20)17-6-5-11(19)8-21-2/h3-4,7,9,11,19H,5-6,8H2,1-2H3,(H2,17,18,20). The van der Waals surface area contributed by atoms with Gasteiger partial charge in [-0.3, -0.25) is 0 Å². The molecule has 0 aliphatic rings. The van der Waals surface area contributed by atoms with Crippen molar-refractivity contribution in [3.63, 3.8) is 0 Å². The van der Waals surface area contributed by atoms with Gasteiger partial charge in [0.15, 0.2) is 0 Å². The van der Waals surface area contributed by atoms with Crippen LogP contribution in [0.15, 0.2) is 18.2 Å². The molecule has 7 heteroatoms. The highest BCUT2D eigenvalue weighted by atomic mass is 35.5. The molecule has 0 radical (unpaired) electrons. The van der Waals surface area contributed by atoms with E-state index in [4.69, 9.17) is 27.9 Å². The molecule has 0 saturated carbocycles. The normalized spacial score (nSPS) is 13.6. The number of carbonyl (C=O) groups is 1. The Labute approximate surface area is 134 Å². The molecule has 118 valence electrons. The average Bonchev–Trinajstić information content (AvgIpc) is 2.42. The first-order valence-corrected chi connectivity index (χ1v) is 7.36. The van der Waals surface area contributed by atoms with Gasteiger partial charge in [-0.25, -0.2) is 4.79 Å². The van der Waals surface area contributed by atoms with Gasteiger partial charge in [0.25, 0.3) is 0 Å². The van der Waals surface area contributed by atoms with Crippen molar-refractivity contribution in [1.29, 1.82) is 0 Å². The number of nitrogens with one attached hydrogen (secondary N) is 2. The van der Waals surface area contributed by atoms with E-state index in [1.807, 2.05) is 13.0 Å². The number of rotatable bonds is 7. The van der Waals surface area contributed by atoms with E-state index in [9.17, 15) is 9.90 Å². The Hall–Kier alpha value is -1.01. The minimum atomic E-state index is -0.581. The first-order valence-electron chi connectivity index (χ1n) is 6.60. The molecule has 2 atom stereocenters. The summed E-state index contributed by atoms with van der Waals surface area (Å²) in [5.74, 6) is 0. The fourth-order valence-electron chi connectivity index (χ4n) is 1.74. The molecule has 5 nitrogen and oxygen atoms in total. The van der Waals surface area contributed by atoms with Crippen LogP contribution in [0, 0.1) is 0 Å². The van der Waals surface area contributed by atoms with Gasteiger partial charge in [-0.15, -0.1) is 0 Å². The second-order valence-corrected chi connectivity index (χ2v) is 5.51. The van der Waals surface area contributed by atoms with Crippen LogP contribution in [0.5, 0.6) is 0 Å². The van der Waals surface area contributed by atoms with Crippen LogP contribution in [0.2, 0.25) is 10.0 Å². The van der Waals surface area contributed by atoms with Gasteiger partial charge >= 0.3 is 6.03 Å². The summed E-state index contributed by atoms with van der Waals surface area (Å²) in [6.07, 6.45) is -0.148. The number of aliphatic hydroxyl groups is 1. The van der Waals surface area contributed by atoms with Crippen LogP contribution in [0.3, 0.4) is 0 Å². The Kier molecular flexibility index (Phi) is 7.82. The lowest BCUT2D eigenvalue weighted by Crippen LogP contribution is -2.38. The van der Waals surface area contributed by atoms with Gasteiger partial charge in [0, 0.05) is 13.7 Å². The Bertz CT molecular complexity index is 472. The van der Waals surface area contributed by atoms with Crippen molar-refractivity contribution >= 4 is 29.2 Å². The van der Waals surface area contributed by atoms with Crippen LogP contribution < -0.4 is 10.6 Å². The number of amides is 2. The van der Waals surface area contributed by atoms with Crippen LogP contribution in [0.1, 0.15) is 24.9 Å². The van der Waals surface area contributed by atoms with Gasteiger partial charge < -0.3 is 20.5 Å². The molecule has 1 aromatic carbocycles. The lowest BCUT2D eigenvalue weighted by atomic mass is 10.1. The van der Waals surface area contributed by atoms with Crippen molar-refractivity contribution in [2.45, 2.75) is 25.5 Å². The first-order chi connectivity index (χ1) is 9.93. The van der Waals surface area contributed by atoms with Crippen molar-refractivity contribution < 1.29 is 14.6 Å². The number of halogens is 2. The maximum Gasteiger partial charge on any atom is 0.315 e. The summed E-state index contributed by atoms with van der Waals surface area (Å²) >= 11 is 11.8. The number of benzene rings is 1. The van der Waals surface area contributed by atoms with E-state index in [0.29, 0.717) is 23.0 Å². The van der Waals surface area contributed by atoms with Crippen molar-refractivity contribution in [2.75, 3.05) is 20.3 Å². The largest absolute Gasteiger partial charge is 0.391 e. The molecule has 2 amide bonds. The van der Waals surface area contributed by atoms with Crippen LogP contribution in [-0.2, 0) is 4.74 Å². The second kappa shape index (κ2) is 9.10. The smallest absolute Gasteiger partial charge is 0.315 e. The minimum absolute atomic E-state index is 0.205. The fraction of sp³-hybridized carbons (Fsp3) is 0.500. The molecule has 0 fully saturated rings. The Morgan fingerprint density at radius 2 is 2.10 bits per heavy atom. The molecule has 0 aromatic heterocycles. The van der Waals surface area contributed by atoms with Gasteiger partial charge in [-0.05, 0) is 31.0 Å². The van der Waals surface area contributed by atoms with Crippen molar-refractivity contribution in [3.8, 4) is 0 Å². The van der Waals surface area contributed by atoms with Gasteiger partial charge in [0.05, 0.1) is 28.8 Å². The predicted octanol–water partition coefficient (Wildman–Crippen LogP) is 2.75. The summed E-state index contributed by atoms with van der Waals surface area (Å²) in [4.78, 5) is 11.7. The Morgan fingerprint density at radius 3 is 2.71 bits per heavy atom. The van der Waals surface area contributed by atoms with Gasteiger partial charge in [0.2, 0.25) is 0 Å². The van der Waals surface area contributed by atoms with Gasteiger partial charge in [0.1, 0.15) is 0 Å². The summed E-state index contributed by atoms with van der Waals surface area (Å²) in [5, 5.41) is 15.8. The molecule has 1 aromatic rings. The third-order valence-corrected chi connectivity index (χ3v) is 3.65.